The Morgan fingerprint density at radius 2 is 1.59 bits per heavy atom. The molecule has 0 aliphatic carbocycles. The molecule has 86 valence electrons. The zero-order valence-electron chi connectivity index (χ0n) is 8.69. The number of hydrogen-bond donors (Lipinski definition) is 0. The van der Waals surface area contributed by atoms with Gasteiger partial charge in [-0.3, -0.25) is 4.79 Å². The van der Waals surface area contributed by atoms with Crippen molar-refractivity contribution in [2.45, 2.75) is 9.79 Å². The summed E-state index contributed by atoms with van der Waals surface area (Å²) in [5.74, 6) is -0.732. The molecule has 0 saturated heterocycles. The third-order valence-corrected chi connectivity index (χ3v) is 3.23. The van der Waals surface area contributed by atoms with Crippen molar-refractivity contribution in [1.82, 2.24) is 0 Å². The van der Waals surface area contributed by atoms with E-state index in [0.717, 1.165) is 4.90 Å². The van der Waals surface area contributed by atoms with Gasteiger partial charge >= 0.3 is 0 Å². The Balaban J connectivity index is 2.31. The summed E-state index contributed by atoms with van der Waals surface area (Å²) in [5.41, 5.74) is 0.417. The summed E-state index contributed by atoms with van der Waals surface area (Å²) in [6.45, 7) is 0. The summed E-state index contributed by atoms with van der Waals surface area (Å²) in [5, 5.41) is 0. The number of aldehydes is 1. The van der Waals surface area contributed by atoms with Crippen LogP contribution < -0.4 is 0 Å². The molecule has 2 aromatic carbocycles. The van der Waals surface area contributed by atoms with Gasteiger partial charge < -0.3 is 0 Å². The lowest BCUT2D eigenvalue weighted by molar-refractivity contribution is 0.112. The minimum absolute atomic E-state index is 0.329. The first kappa shape index (κ1) is 11.8. The molecule has 4 heteroatoms. The lowest BCUT2D eigenvalue weighted by Crippen LogP contribution is -1.87. The minimum atomic E-state index is -0.403. The lowest BCUT2D eigenvalue weighted by atomic mass is 10.2. The number of carbonyl (C=O) groups excluding carboxylic acids is 1. The summed E-state index contributed by atoms with van der Waals surface area (Å²) < 4.78 is 25.8. The highest BCUT2D eigenvalue weighted by Crippen LogP contribution is 2.30. The zero-order chi connectivity index (χ0) is 12.3. The summed E-state index contributed by atoms with van der Waals surface area (Å²) in [7, 11) is 0. The first-order valence-electron chi connectivity index (χ1n) is 4.87. The fourth-order valence-electron chi connectivity index (χ4n) is 1.32. The molecule has 2 rings (SSSR count). The van der Waals surface area contributed by atoms with E-state index in [0.29, 0.717) is 16.7 Å². The second-order valence-electron chi connectivity index (χ2n) is 3.36. The van der Waals surface area contributed by atoms with Gasteiger partial charge in [0, 0.05) is 15.4 Å². The summed E-state index contributed by atoms with van der Waals surface area (Å²) in [6, 6.07) is 9.76. The fraction of sp³-hybridized carbons (Fsp3) is 0. The van der Waals surface area contributed by atoms with Crippen LogP contribution in [-0.2, 0) is 0 Å². The molecule has 0 saturated carbocycles. The molecule has 0 fully saturated rings. The van der Waals surface area contributed by atoms with Crippen LogP contribution in [0.25, 0.3) is 0 Å². The van der Waals surface area contributed by atoms with Crippen LogP contribution in [0.3, 0.4) is 0 Å². The summed E-state index contributed by atoms with van der Waals surface area (Å²) in [4.78, 5) is 12.1. The van der Waals surface area contributed by atoms with Crippen LogP contribution in [0.15, 0.2) is 52.3 Å². The van der Waals surface area contributed by atoms with Crippen LogP contribution in [0, 0.1) is 11.6 Å². The van der Waals surface area contributed by atoms with Crippen LogP contribution in [0.1, 0.15) is 10.4 Å². The molecular weight excluding hydrogens is 242 g/mol. The molecule has 0 bridgehead atoms. The predicted octanol–water partition coefficient (Wildman–Crippen LogP) is 3.93. The van der Waals surface area contributed by atoms with Gasteiger partial charge in [-0.25, -0.2) is 8.78 Å². The van der Waals surface area contributed by atoms with Gasteiger partial charge in [0.1, 0.15) is 11.6 Å². The van der Waals surface area contributed by atoms with Gasteiger partial charge in [-0.15, -0.1) is 0 Å². The van der Waals surface area contributed by atoms with Gasteiger partial charge in [-0.05, 0) is 42.5 Å². The molecule has 17 heavy (non-hydrogen) atoms. The molecule has 0 heterocycles. The van der Waals surface area contributed by atoms with E-state index in [9.17, 15) is 13.6 Å². The Bertz CT molecular complexity index is 538. The Kier molecular flexibility index (Phi) is 3.54. The molecule has 0 aliphatic rings. The number of halogens is 2. The van der Waals surface area contributed by atoms with Crippen LogP contribution in [-0.4, -0.2) is 6.29 Å². The van der Waals surface area contributed by atoms with E-state index >= 15 is 0 Å². The van der Waals surface area contributed by atoms with E-state index in [1.807, 2.05) is 0 Å². The summed E-state index contributed by atoms with van der Waals surface area (Å²) in [6.07, 6.45) is 0.672. The molecule has 1 nitrogen and oxygen atoms in total. The third kappa shape index (κ3) is 2.91. The largest absolute Gasteiger partial charge is 0.298 e. The molecule has 0 atom stereocenters. The van der Waals surface area contributed by atoms with E-state index in [2.05, 4.69) is 0 Å². The molecular formula is C13H8F2OS. The van der Waals surface area contributed by atoms with Crippen molar-refractivity contribution in [3.8, 4) is 0 Å². The van der Waals surface area contributed by atoms with Gasteiger partial charge in [-0.1, -0.05) is 11.8 Å². The Hall–Kier alpha value is -1.68. The molecule has 0 spiro atoms. The lowest BCUT2D eigenvalue weighted by Gasteiger charge is -2.04. The normalized spacial score (nSPS) is 10.2. The molecule has 0 aliphatic heterocycles. The Morgan fingerprint density at radius 3 is 2.24 bits per heavy atom. The predicted molar refractivity (Wildman–Crippen MR) is 62.3 cm³/mol. The van der Waals surface area contributed by atoms with Gasteiger partial charge in [0.2, 0.25) is 0 Å². The van der Waals surface area contributed by atoms with E-state index in [1.54, 1.807) is 12.1 Å². The molecule has 0 radical (unpaired) electrons. The maximum absolute atomic E-state index is 13.1. The van der Waals surface area contributed by atoms with Gasteiger partial charge in [0.05, 0.1) is 0 Å². The minimum Gasteiger partial charge on any atom is -0.298 e. The summed E-state index contributed by atoms with van der Waals surface area (Å²) >= 11 is 1.22. The van der Waals surface area contributed by atoms with Crippen molar-refractivity contribution in [3.05, 3.63) is 59.7 Å². The van der Waals surface area contributed by atoms with Crippen LogP contribution in [0.2, 0.25) is 0 Å². The van der Waals surface area contributed by atoms with Crippen LogP contribution >= 0.6 is 11.8 Å². The monoisotopic (exact) mass is 250 g/mol. The Morgan fingerprint density at radius 1 is 0.941 bits per heavy atom. The highest BCUT2D eigenvalue weighted by molar-refractivity contribution is 7.99. The molecule has 0 unspecified atom stereocenters. The Labute approximate surface area is 101 Å². The maximum Gasteiger partial charge on any atom is 0.151 e. The van der Waals surface area contributed by atoms with Gasteiger partial charge in [0.15, 0.2) is 6.29 Å². The number of rotatable bonds is 3. The second-order valence-corrected chi connectivity index (χ2v) is 4.47. The zero-order valence-corrected chi connectivity index (χ0v) is 9.51. The molecule has 0 amide bonds. The van der Waals surface area contributed by atoms with Crippen molar-refractivity contribution in [1.29, 1.82) is 0 Å². The topological polar surface area (TPSA) is 17.1 Å². The van der Waals surface area contributed by atoms with Gasteiger partial charge in [0.25, 0.3) is 0 Å². The maximum atomic E-state index is 13.1. The number of benzene rings is 2. The van der Waals surface area contributed by atoms with E-state index in [1.165, 1.54) is 42.1 Å². The standard InChI is InChI=1S/C13H8F2OS/c14-10-3-5-12(6-4-10)17-13-7-11(15)2-1-9(13)8-16/h1-8H. The average Bonchev–Trinajstić information content (AvgIpc) is 2.32. The van der Waals surface area contributed by atoms with Gasteiger partial charge in [-0.2, -0.15) is 0 Å². The highest BCUT2D eigenvalue weighted by atomic mass is 32.2. The average molecular weight is 250 g/mol. The molecule has 0 aromatic heterocycles. The number of carbonyl (C=O) groups is 1. The third-order valence-electron chi connectivity index (χ3n) is 2.14. The first-order valence-corrected chi connectivity index (χ1v) is 5.69. The quantitative estimate of drug-likeness (QED) is 0.768. The van der Waals surface area contributed by atoms with Crippen molar-refractivity contribution in [2.75, 3.05) is 0 Å². The second kappa shape index (κ2) is 5.10. The first-order chi connectivity index (χ1) is 8.19. The van der Waals surface area contributed by atoms with Crippen LogP contribution in [0.4, 0.5) is 8.78 Å². The van der Waals surface area contributed by atoms with Crippen molar-refractivity contribution in [2.24, 2.45) is 0 Å². The highest BCUT2D eigenvalue weighted by Gasteiger charge is 2.05. The molecule has 2 aromatic rings. The van der Waals surface area contributed by atoms with E-state index < -0.39 is 5.82 Å². The number of hydrogen-bond acceptors (Lipinski definition) is 2. The van der Waals surface area contributed by atoms with E-state index in [4.69, 9.17) is 0 Å². The molecule has 0 N–H and O–H groups in total. The van der Waals surface area contributed by atoms with Crippen molar-refractivity contribution in [3.63, 3.8) is 0 Å². The fourth-order valence-corrected chi connectivity index (χ4v) is 2.26. The SMILES string of the molecule is O=Cc1ccc(F)cc1Sc1ccc(F)cc1. The van der Waals surface area contributed by atoms with Crippen LogP contribution in [0.5, 0.6) is 0 Å². The van der Waals surface area contributed by atoms with Crippen molar-refractivity contribution < 1.29 is 13.6 Å². The van der Waals surface area contributed by atoms with Crippen molar-refractivity contribution >= 4 is 18.0 Å². The van der Waals surface area contributed by atoms with E-state index in [-0.39, 0.29) is 5.82 Å². The smallest absolute Gasteiger partial charge is 0.151 e.